The zero-order valence-electron chi connectivity index (χ0n) is 24.1. The lowest BCUT2D eigenvalue weighted by Gasteiger charge is -2.24. The molecule has 2 aromatic heterocycles. The highest BCUT2D eigenvalue weighted by Gasteiger charge is 2.40. The van der Waals surface area contributed by atoms with Crippen LogP contribution in [-0.4, -0.2) is 77.0 Å². The monoisotopic (exact) mass is 579 g/mol. The average molecular weight is 580 g/mol. The molecule has 2 atom stereocenters. The van der Waals surface area contributed by atoms with Crippen LogP contribution in [0.1, 0.15) is 61.7 Å². The lowest BCUT2D eigenvalue weighted by Crippen LogP contribution is -2.39. The molecule has 41 heavy (non-hydrogen) atoms. The van der Waals surface area contributed by atoms with E-state index in [-0.39, 0.29) is 29.6 Å². The van der Waals surface area contributed by atoms with Gasteiger partial charge in [0.2, 0.25) is 11.8 Å². The number of amides is 3. The van der Waals surface area contributed by atoms with Crippen molar-refractivity contribution in [3.63, 3.8) is 0 Å². The Hall–Kier alpha value is -3.73. The number of fused-ring (bicyclic) bond motifs is 4. The fraction of sp³-hybridized carbons (Fsp3) is 0.500. The Balaban J connectivity index is 1.30. The highest BCUT2D eigenvalue weighted by atomic mass is 32.1. The molecule has 2 bridgehead atoms. The van der Waals surface area contributed by atoms with Crippen molar-refractivity contribution in [3.8, 4) is 5.75 Å². The number of likely N-dealkylation sites (tertiary alicyclic amines) is 1. The summed E-state index contributed by atoms with van der Waals surface area (Å²) in [6.07, 6.45) is 1.49. The molecular weight excluding hydrogens is 542 g/mol. The van der Waals surface area contributed by atoms with E-state index in [2.05, 4.69) is 15.5 Å². The molecule has 2 aliphatic heterocycles. The van der Waals surface area contributed by atoms with Crippen LogP contribution in [0, 0.1) is 33.6 Å². The van der Waals surface area contributed by atoms with Gasteiger partial charge in [0.15, 0.2) is 0 Å². The standard InChI is InChI=1S/C30H37N5O5S/c1-18-24(20(3)40-33-18)9-10-27(36)35-16-25-22-7-5-8-23(15-22)39-14-13-34(12-6-11-31-29(37)26(25)17-35)30(38)28-19(2)32-21(4)41-28/h5,7-8,15,25-26H,6,9-14,16-17H2,1-4H3,(H,31,37)/t25-,26+/m1/s1. The van der Waals surface area contributed by atoms with Gasteiger partial charge in [-0.05, 0) is 58.2 Å². The second-order valence-corrected chi connectivity index (χ2v) is 12.0. The zero-order chi connectivity index (χ0) is 29.1. The van der Waals surface area contributed by atoms with E-state index in [0.717, 1.165) is 33.3 Å². The van der Waals surface area contributed by atoms with E-state index in [1.54, 1.807) is 9.80 Å². The van der Waals surface area contributed by atoms with Crippen molar-refractivity contribution in [2.24, 2.45) is 5.92 Å². The maximum absolute atomic E-state index is 13.5. The molecule has 0 aliphatic carbocycles. The van der Waals surface area contributed by atoms with Crippen LogP contribution < -0.4 is 10.1 Å². The van der Waals surface area contributed by atoms with E-state index in [1.165, 1.54) is 11.3 Å². The average Bonchev–Trinajstić information content (AvgIpc) is 3.64. The fourth-order valence-corrected chi connectivity index (χ4v) is 6.66. The van der Waals surface area contributed by atoms with Crippen LogP contribution in [0.3, 0.4) is 0 Å². The van der Waals surface area contributed by atoms with Crippen LogP contribution in [-0.2, 0) is 16.0 Å². The highest BCUT2D eigenvalue weighted by Crippen LogP contribution is 2.35. The Bertz CT molecular complexity index is 1410. The molecule has 2 aliphatic rings. The van der Waals surface area contributed by atoms with Gasteiger partial charge in [-0.2, -0.15) is 0 Å². The summed E-state index contributed by atoms with van der Waals surface area (Å²) >= 11 is 1.40. The topological polar surface area (TPSA) is 118 Å². The summed E-state index contributed by atoms with van der Waals surface area (Å²) in [6.45, 7) is 10.0. The molecule has 218 valence electrons. The van der Waals surface area contributed by atoms with Gasteiger partial charge in [0.05, 0.1) is 28.9 Å². The smallest absolute Gasteiger partial charge is 0.265 e. The normalized spacial score (nSPS) is 19.8. The molecule has 4 heterocycles. The molecule has 0 saturated carbocycles. The van der Waals surface area contributed by atoms with Crippen molar-refractivity contribution in [2.75, 3.05) is 39.3 Å². The number of nitrogens with one attached hydrogen (secondary N) is 1. The fourth-order valence-electron chi connectivity index (χ4n) is 5.77. The van der Waals surface area contributed by atoms with E-state index >= 15 is 0 Å². The van der Waals surface area contributed by atoms with E-state index in [0.29, 0.717) is 69.2 Å². The molecule has 0 spiro atoms. The third kappa shape index (κ3) is 6.45. The third-order valence-corrected chi connectivity index (χ3v) is 9.05. The molecule has 11 heteroatoms. The summed E-state index contributed by atoms with van der Waals surface area (Å²) in [7, 11) is 0. The predicted octanol–water partition coefficient (Wildman–Crippen LogP) is 3.58. The van der Waals surface area contributed by atoms with Crippen molar-refractivity contribution in [1.29, 1.82) is 0 Å². The number of thiazole rings is 1. The number of hydrogen-bond acceptors (Lipinski definition) is 8. The van der Waals surface area contributed by atoms with E-state index < -0.39 is 0 Å². The Kier molecular flexibility index (Phi) is 8.72. The summed E-state index contributed by atoms with van der Waals surface area (Å²) in [5.74, 6) is 0.768. The molecule has 0 unspecified atom stereocenters. The lowest BCUT2D eigenvalue weighted by molar-refractivity contribution is -0.130. The molecule has 1 saturated heterocycles. The number of carbonyl (C=O) groups excluding carboxylic acids is 3. The lowest BCUT2D eigenvalue weighted by atomic mass is 9.88. The first-order valence-corrected chi connectivity index (χ1v) is 15.0. The molecular formula is C30H37N5O5S. The minimum atomic E-state index is -0.378. The number of benzene rings is 1. The summed E-state index contributed by atoms with van der Waals surface area (Å²) in [5, 5.41) is 7.93. The summed E-state index contributed by atoms with van der Waals surface area (Å²) in [5.41, 5.74) is 3.46. The quantitative estimate of drug-likeness (QED) is 0.502. The van der Waals surface area contributed by atoms with Gasteiger partial charge in [-0.25, -0.2) is 4.98 Å². The minimum absolute atomic E-state index is 0.0124. The van der Waals surface area contributed by atoms with Gasteiger partial charge >= 0.3 is 0 Å². The molecule has 5 rings (SSSR count). The maximum Gasteiger partial charge on any atom is 0.265 e. The number of ether oxygens (including phenoxy) is 1. The number of carbonyl (C=O) groups is 3. The third-order valence-electron chi connectivity index (χ3n) is 7.98. The van der Waals surface area contributed by atoms with Crippen LogP contribution in [0.25, 0.3) is 0 Å². The van der Waals surface area contributed by atoms with Crippen LogP contribution >= 0.6 is 11.3 Å². The van der Waals surface area contributed by atoms with Crippen molar-refractivity contribution in [2.45, 2.75) is 52.9 Å². The summed E-state index contributed by atoms with van der Waals surface area (Å²) in [6, 6.07) is 7.75. The van der Waals surface area contributed by atoms with Crippen molar-refractivity contribution < 1.29 is 23.6 Å². The van der Waals surface area contributed by atoms with E-state index in [1.807, 2.05) is 52.0 Å². The maximum atomic E-state index is 13.5. The first-order valence-electron chi connectivity index (χ1n) is 14.1. The number of aromatic nitrogens is 2. The molecule has 1 aromatic carbocycles. The first-order chi connectivity index (χ1) is 19.7. The zero-order valence-corrected chi connectivity index (χ0v) is 24.9. The SMILES string of the molecule is Cc1nc(C)c(C(=O)N2CCCNC(=O)[C@H]3CN(C(=O)CCc4c(C)noc4C)C[C@@H]3c3cccc(c3)OCC2)s1. The largest absolute Gasteiger partial charge is 0.492 e. The highest BCUT2D eigenvalue weighted by molar-refractivity contribution is 7.13. The predicted molar refractivity (Wildman–Crippen MR) is 154 cm³/mol. The number of hydrogen-bond donors (Lipinski definition) is 1. The van der Waals surface area contributed by atoms with Crippen LogP contribution in [0.4, 0.5) is 0 Å². The molecule has 1 fully saturated rings. The Morgan fingerprint density at radius 3 is 2.61 bits per heavy atom. The van der Waals surface area contributed by atoms with Gasteiger partial charge in [-0.15, -0.1) is 11.3 Å². The molecule has 3 aromatic rings. The van der Waals surface area contributed by atoms with Crippen molar-refractivity contribution in [3.05, 3.63) is 62.4 Å². The van der Waals surface area contributed by atoms with E-state index in [4.69, 9.17) is 9.26 Å². The summed E-state index contributed by atoms with van der Waals surface area (Å²) < 4.78 is 11.3. The Morgan fingerprint density at radius 1 is 1.07 bits per heavy atom. The van der Waals surface area contributed by atoms with Gasteiger partial charge in [0.1, 0.15) is 23.0 Å². The second-order valence-electron chi connectivity index (χ2n) is 10.8. The molecule has 10 nitrogen and oxygen atoms in total. The second kappa shape index (κ2) is 12.4. The van der Waals surface area contributed by atoms with Crippen LogP contribution in [0.15, 0.2) is 28.8 Å². The molecule has 1 N–H and O–H groups in total. The number of nitrogens with zero attached hydrogens (tertiary/aromatic N) is 4. The van der Waals surface area contributed by atoms with Gasteiger partial charge < -0.3 is 24.4 Å². The number of rotatable bonds is 4. The van der Waals surface area contributed by atoms with E-state index in [9.17, 15) is 14.4 Å². The van der Waals surface area contributed by atoms with Crippen LogP contribution in [0.5, 0.6) is 5.75 Å². The first kappa shape index (κ1) is 28.8. The molecule has 3 amide bonds. The van der Waals surface area contributed by atoms with Crippen LogP contribution in [0.2, 0.25) is 0 Å². The summed E-state index contributed by atoms with van der Waals surface area (Å²) in [4.78, 5) is 48.7. The minimum Gasteiger partial charge on any atom is -0.492 e. The van der Waals surface area contributed by atoms with Gasteiger partial charge in [0, 0.05) is 44.1 Å². The van der Waals surface area contributed by atoms with Gasteiger partial charge in [-0.1, -0.05) is 17.3 Å². The Morgan fingerprint density at radius 2 is 1.88 bits per heavy atom. The Labute approximate surface area is 244 Å². The molecule has 0 radical (unpaired) electrons. The van der Waals surface area contributed by atoms with Gasteiger partial charge in [0.25, 0.3) is 5.91 Å². The van der Waals surface area contributed by atoms with Crippen molar-refractivity contribution in [1.82, 2.24) is 25.3 Å². The van der Waals surface area contributed by atoms with Crippen molar-refractivity contribution >= 4 is 29.1 Å². The number of aryl methyl sites for hydroxylation is 4. The van der Waals surface area contributed by atoms with Gasteiger partial charge in [-0.3, -0.25) is 14.4 Å².